The number of fused-ring (bicyclic) bond motifs is 1. The van der Waals surface area contributed by atoms with E-state index in [-0.39, 0.29) is 18.0 Å². The van der Waals surface area contributed by atoms with Crippen molar-refractivity contribution < 1.29 is 4.79 Å². The molecule has 152 valence electrons. The van der Waals surface area contributed by atoms with E-state index in [1.165, 1.54) is 4.68 Å². The Morgan fingerprint density at radius 3 is 2.53 bits per heavy atom. The summed E-state index contributed by atoms with van der Waals surface area (Å²) < 4.78 is 3.18. The number of aromatic nitrogens is 3. The Bertz CT molecular complexity index is 1280. The van der Waals surface area contributed by atoms with Crippen LogP contribution in [0.4, 0.5) is 5.69 Å². The molecule has 2 aromatic carbocycles. The van der Waals surface area contributed by atoms with Gasteiger partial charge in [0, 0.05) is 11.9 Å². The van der Waals surface area contributed by atoms with Crippen molar-refractivity contribution in [1.82, 2.24) is 14.3 Å². The van der Waals surface area contributed by atoms with Crippen LogP contribution >= 0.6 is 0 Å². The van der Waals surface area contributed by atoms with Gasteiger partial charge >= 0.3 is 0 Å². The van der Waals surface area contributed by atoms with Gasteiger partial charge in [0.1, 0.15) is 6.54 Å². The van der Waals surface area contributed by atoms with Crippen molar-refractivity contribution in [2.24, 2.45) is 0 Å². The van der Waals surface area contributed by atoms with Crippen molar-refractivity contribution in [2.75, 3.05) is 5.32 Å². The average Bonchev–Trinajstić information content (AvgIpc) is 2.99. The van der Waals surface area contributed by atoms with Gasteiger partial charge in [0.25, 0.3) is 5.56 Å². The molecular formula is C24H24N4O2. The second-order valence-corrected chi connectivity index (χ2v) is 7.50. The highest BCUT2D eigenvalue weighted by Gasteiger charge is 2.18. The quantitative estimate of drug-likeness (QED) is 0.550. The molecule has 6 nitrogen and oxygen atoms in total. The number of nitrogens with one attached hydrogen (secondary N) is 1. The van der Waals surface area contributed by atoms with Crippen LogP contribution in [0.15, 0.2) is 65.6 Å². The molecule has 0 saturated carbocycles. The minimum atomic E-state index is -0.219. The molecule has 0 bridgehead atoms. The van der Waals surface area contributed by atoms with Gasteiger partial charge in [-0.25, -0.2) is 9.67 Å². The van der Waals surface area contributed by atoms with E-state index in [0.29, 0.717) is 11.0 Å². The maximum atomic E-state index is 13.1. The van der Waals surface area contributed by atoms with E-state index in [4.69, 9.17) is 0 Å². The molecule has 0 fully saturated rings. The average molecular weight is 400 g/mol. The Labute approximate surface area is 174 Å². The number of carbonyl (C=O) groups is 1. The lowest BCUT2D eigenvalue weighted by molar-refractivity contribution is -0.116. The summed E-state index contributed by atoms with van der Waals surface area (Å²) in [4.78, 5) is 30.4. The third kappa shape index (κ3) is 3.76. The molecule has 0 aliphatic carbocycles. The van der Waals surface area contributed by atoms with Gasteiger partial charge in [0.05, 0.1) is 11.1 Å². The summed E-state index contributed by atoms with van der Waals surface area (Å²) in [6.07, 6.45) is 2.49. The molecule has 0 aliphatic rings. The van der Waals surface area contributed by atoms with Gasteiger partial charge in [-0.2, -0.15) is 0 Å². The molecule has 4 rings (SSSR count). The Balaban J connectivity index is 1.77. The number of rotatable bonds is 5. The number of benzene rings is 2. The lowest BCUT2D eigenvalue weighted by Crippen LogP contribution is -2.27. The second-order valence-electron chi connectivity index (χ2n) is 7.50. The summed E-state index contributed by atoms with van der Waals surface area (Å²) in [5, 5.41) is 3.43. The molecule has 0 unspecified atom stereocenters. The first-order valence-corrected chi connectivity index (χ1v) is 10.0. The molecule has 30 heavy (non-hydrogen) atoms. The highest BCUT2D eigenvalue weighted by Crippen LogP contribution is 2.17. The first-order chi connectivity index (χ1) is 14.5. The van der Waals surface area contributed by atoms with E-state index in [1.807, 2.05) is 50.2 Å². The maximum absolute atomic E-state index is 13.1. The molecule has 1 N–H and O–H groups in total. The van der Waals surface area contributed by atoms with Gasteiger partial charge in [-0.1, -0.05) is 25.1 Å². The van der Waals surface area contributed by atoms with Gasteiger partial charge in [-0.05, 0) is 73.4 Å². The summed E-state index contributed by atoms with van der Waals surface area (Å²) in [6.45, 7) is 6.02. The van der Waals surface area contributed by atoms with Crippen LogP contribution in [-0.2, 0) is 17.8 Å². The summed E-state index contributed by atoms with van der Waals surface area (Å²) in [5.41, 5.74) is 5.02. The molecule has 0 spiro atoms. The van der Waals surface area contributed by atoms with Crippen molar-refractivity contribution >= 4 is 22.6 Å². The van der Waals surface area contributed by atoms with Crippen molar-refractivity contribution in [3.63, 3.8) is 0 Å². The molecule has 2 aromatic heterocycles. The SMILES string of the molecule is CCc1cccc(-n2c(=O)c3cccnc3n2CC(=O)Nc2cc(C)cc(C)c2)c1. The van der Waals surface area contributed by atoms with Crippen LogP contribution in [0, 0.1) is 13.8 Å². The number of anilines is 1. The molecule has 0 saturated heterocycles. The van der Waals surface area contributed by atoms with E-state index in [0.717, 1.165) is 34.5 Å². The van der Waals surface area contributed by atoms with E-state index < -0.39 is 0 Å². The number of pyridine rings is 1. The monoisotopic (exact) mass is 400 g/mol. The van der Waals surface area contributed by atoms with Crippen LogP contribution in [0.1, 0.15) is 23.6 Å². The van der Waals surface area contributed by atoms with Crippen molar-refractivity contribution in [1.29, 1.82) is 0 Å². The molecule has 6 heteroatoms. The fourth-order valence-corrected chi connectivity index (χ4v) is 3.78. The Kier molecular flexibility index (Phi) is 5.23. The smallest absolute Gasteiger partial charge is 0.280 e. The fraction of sp³-hybridized carbons (Fsp3) is 0.208. The van der Waals surface area contributed by atoms with Crippen LogP contribution < -0.4 is 10.9 Å². The van der Waals surface area contributed by atoms with Crippen molar-refractivity contribution in [3.05, 3.63) is 87.8 Å². The standard InChI is InChI=1S/C24H24N4O2/c1-4-18-7-5-8-20(14-18)28-24(30)21-9-6-10-25-23(21)27(28)15-22(29)26-19-12-16(2)11-17(3)13-19/h5-14H,4,15H2,1-3H3,(H,26,29). The first kappa shape index (κ1) is 19.6. The van der Waals surface area contributed by atoms with Crippen molar-refractivity contribution in [2.45, 2.75) is 33.7 Å². The van der Waals surface area contributed by atoms with Gasteiger partial charge in [-0.3, -0.25) is 14.3 Å². The number of aryl methyl sites for hydroxylation is 3. The van der Waals surface area contributed by atoms with E-state index >= 15 is 0 Å². The summed E-state index contributed by atoms with van der Waals surface area (Å²) >= 11 is 0. The predicted molar refractivity (Wildman–Crippen MR) is 119 cm³/mol. The zero-order valence-corrected chi connectivity index (χ0v) is 17.3. The highest BCUT2D eigenvalue weighted by molar-refractivity contribution is 5.91. The number of hydrogen-bond donors (Lipinski definition) is 1. The molecule has 0 atom stereocenters. The van der Waals surface area contributed by atoms with E-state index in [1.54, 1.807) is 23.0 Å². The second kappa shape index (κ2) is 7.99. The normalized spacial score (nSPS) is 11.0. The molecule has 1 amide bonds. The summed E-state index contributed by atoms with van der Waals surface area (Å²) in [5.74, 6) is -0.219. The zero-order valence-electron chi connectivity index (χ0n) is 17.3. The Morgan fingerprint density at radius 1 is 1.03 bits per heavy atom. The van der Waals surface area contributed by atoms with Gasteiger partial charge in [-0.15, -0.1) is 0 Å². The summed E-state index contributed by atoms with van der Waals surface area (Å²) in [6, 6.07) is 17.2. The zero-order chi connectivity index (χ0) is 21.3. The van der Waals surface area contributed by atoms with Crippen LogP contribution in [0.25, 0.3) is 16.7 Å². The third-order valence-corrected chi connectivity index (χ3v) is 5.06. The largest absolute Gasteiger partial charge is 0.324 e. The minimum absolute atomic E-state index is 0.0287. The molecular weight excluding hydrogens is 376 g/mol. The molecule has 4 aromatic rings. The number of amides is 1. The van der Waals surface area contributed by atoms with Gasteiger partial charge in [0.2, 0.25) is 5.91 Å². The summed E-state index contributed by atoms with van der Waals surface area (Å²) in [7, 11) is 0. The van der Waals surface area contributed by atoms with Crippen LogP contribution in [0.3, 0.4) is 0 Å². The Morgan fingerprint density at radius 2 is 1.80 bits per heavy atom. The lowest BCUT2D eigenvalue weighted by atomic mass is 10.1. The topological polar surface area (TPSA) is 68.9 Å². The van der Waals surface area contributed by atoms with E-state index in [9.17, 15) is 9.59 Å². The fourth-order valence-electron chi connectivity index (χ4n) is 3.78. The van der Waals surface area contributed by atoms with Crippen molar-refractivity contribution in [3.8, 4) is 5.69 Å². The van der Waals surface area contributed by atoms with Crippen LogP contribution in [0.5, 0.6) is 0 Å². The van der Waals surface area contributed by atoms with Gasteiger partial charge in [0.15, 0.2) is 5.65 Å². The maximum Gasteiger partial charge on any atom is 0.280 e. The van der Waals surface area contributed by atoms with E-state index in [2.05, 4.69) is 23.3 Å². The molecule has 2 heterocycles. The van der Waals surface area contributed by atoms with Gasteiger partial charge < -0.3 is 5.32 Å². The van der Waals surface area contributed by atoms with Crippen LogP contribution in [0.2, 0.25) is 0 Å². The number of nitrogens with zero attached hydrogens (tertiary/aromatic N) is 3. The Hall–Kier alpha value is -3.67. The molecule has 0 radical (unpaired) electrons. The molecule has 0 aliphatic heterocycles. The van der Waals surface area contributed by atoms with Crippen LogP contribution in [-0.4, -0.2) is 20.3 Å². The lowest BCUT2D eigenvalue weighted by Gasteiger charge is -2.14. The predicted octanol–water partition coefficient (Wildman–Crippen LogP) is 4.01. The third-order valence-electron chi connectivity index (χ3n) is 5.06. The minimum Gasteiger partial charge on any atom is -0.324 e. The number of hydrogen-bond acceptors (Lipinski definition) is 3. The first-order valence-electron chi connectivity index (χ1n) is 10.0. The number of carbonyl (C=O) groups excluding carboxylic acids is 1. The highest BCUT2D eigenvalue weighted by atomic mass is 16.2.